The standard InChI is InChI=1S/C30H37NO4S/c1-21-20-24(13-15-26(21)22-9-11-23(12-10-22)30(2,3)4)35-19-7-6-8-25-14-16-27(36-25)29(33)31-18-17-28(32)34-5/h9-16,20H,6-8,17-19H2,1-5H3,(H,31,33). The Morgan fingerprint density at radius 2 is 1.72 bits per heavy atom. The van der Waals surface area contributed by atoms with E-state index >= 15 is 0 Å². The molecule has 1 heterocycles. The summed E-state index contributed by atoms with van der Waals surface area (Å²) in [5, 5.41) is 2.75. The first-order valence-electron chi connectivity index (χ1n) is 12.5. The van der Waals surface area contributed by atoms with Crippen LogP contribution in [0.2, 0.25) is 0 Å². The molecule has 1 amide bonds. The minimum absolute atomic E-state index is 0.151. The van der Waals surface area contributed by atoms with Crippen molar-refractivity contribution in [2.45, 2.75) is 58.8 Å². The summed E-state index contributed by atoms with van der Waals surface area (Å²) in [5.74, 6) is 0.411. The molecule has 0 unspecified atom stereocenters. The van der Waals surface area contributed by atoms with Gasteiger partial charge in [0.15, 0.2) is 0 Å². The molecule has 2 aromatic carbocycles. The van der Waals surface area contributed by atoms with Crippen molar-refractivity contribution >= 4 is 23.2 Å². The van der Waals surface area contributed by atoms with Gasteiger partial charge in [0, 0.05) is 11.4 Å². The second kappa shape index (κ2) is 12.7. The zero-order valence-electron chi connectivity index (χ0n) is 22.0. The first kappa shape index (κ1) is 27.5. The molecule has 0 aliphatic heterocycles. The van der Waals surface area contributed by atoms with Crippen LogP contribution in [-0.4, -0.2) is 32.1 Å². The Bertz CT molecular complexity index is 1160. The largest absolute Gasteiger partial charge is 0.494 e. The summed E-state index contributed by atoms with van der Waals surface area (Å²) in [6, 6.07) is 19.0. The summed E-state index contributed by atoms with van der Waals surface area (Å²) in [6.45, 7) is 9.75. The van der Waals surface area contributed by atoms with Gasteiger partial charge in [-0.1, -0.05) is 51.1 Å². The lowest BCUT2D eigenvalue weighted by molar-refractivity contribution is -0.140. The Labute approximate surface area is 218 Å². The maximum absolute atomic E-state index is 12.2. The highest BCUT2D eigenvalue weighted by molar-refractivity contribution is 7.14. The van der Waals surface area contributed by atoms with Crippen molar-refractivity contribution in [1.29, 1.82) is 0 Å². The number of rotatable bonds is 11. The van der Waals surface area contributed by atoms with Crippen LogP contribution in [0.3, 0.4) is 0 Å². The molecule has 0 fully saturated rings. The predicted molar refractivity (Wildman–Crippen MR) is 147 cm³/mol. The van der Waals surface area contributed by atoms with Gasteiger partial charge in [0.1, 0.15) is 5.75 Å². The molecule has 0 bridgehead atoms. The van der Waals surface area contributed by atoms with E-state index in [0.717, 1.165) is 25.0 Å². The quantitative estimate of drug-likeness (QED) is 0.231. The van der Waals surface area contributed by atoms with Crippen LogP contribution in [0.25, 0.3) is 11.1 Å². The molecule has 0 spiro atoms. The van der Waals surface area contributed by atoms with Crippen LogP contribution in [0.1, 0.15) is 65.7 Å². The van der Waals surface area contributed by atoms with E-state index in [1.807, 2.05) is 18.2 Å². The number of nitrogens with one attached hydrogen (secondary N) is 1. The molecule has 0 aliphatic rings. The molecular formula is C30H37NO4S. The van der Waals surface area contributed by atoms with Crippen LogP contribution in [0.4, 0.5) is 0 Å². The van der Waals surface area contributed by atoms with Gasteiger partial charge >= 0.3 is 5.97 Å². The van der Waals surface area contributed by atoms with Crippen molar-refractivity contribution in [1.82, 2.24) is 5.32 Å². The highest BCUT2D eigenvalue weighted by atomic mass is 32.1. The van der Waals surface area contributed by atoms with Crippen LogP contribution in [0, 0.1) is 6.92 Å². The number of hydrogen-bond acceptors (Lipinski definition) is 5. The van der Waals surface area contributed by atoms with E-state index in [1.54, 1.807) is 0 Å². The third kappa shape index (κ3) is 7.95. The fourth-order valence-electron chi connectivity index (χ4n) is 3.89. The van der Waals surface area contributed by atoms with Crippen molar-refractivity contribution in [3.63, 3.8) is 0 Å². The Hall–Kier alpha value is -3.12. The third-order valence-electron chi connectivity index (χ3n) is 6.07. The highest BCUT2D eigenvalue weighted by Gasteiger charge is 2.14. The van der Waals surface area contributed by atoms with Crippen molar-refractivity contribution in [3.05, 3.63) is 75.5 Å². The molecular weight excluding hydrogens is 470 g/mol. The monoisotopic (exact) mass is 507 g/mol. The topological polar surface area (TPSA) is 64.6 Å². The number of carbonyl (C=O) groups is 2. The van der Waals surface area contributed by atoms with Crippen molar-refractivity contribution < 1.29 is 19.1 Å². The Morgan fingerprint density at radius 3 is 2.39 bits per heavy atom. The number of methoxy groups -OCH3 is 1. The van der Waals surface area contributed by atoms with Gasteiger partial charge in [0.05, 0.1) is 25.0 Å². The number of unbranched alkanes of at least 4 members (excludes halogenated alkanes) is 1. The maximum Gasteiger partial charge on any atom is 0.307 e. The van der Waals surface area contributed by atoms with E-state index in [0.29, 0.717) is 11.5 Å². The summed E-state index contributed by atoms with van der Waals surface area (Å²) in [5.41, 5.74) is 5.14. The minimum atomic E-state index is -0.332. The Morgan fingerprint density at radius 1 is 0.972 bits per heavy atom. The lowest BCUT2D eigenvalue weighted by Gasteiger charge is -2.19. The number of ether oxygens (including phenoxy) is 2. The average Bonchev–Trinajstić information content (AvgIpc) is 3.32. The molecule has 192 valence electrons. The number of esters is 1. The van der Waals surface area contributed by atoms with E-state index in [2.05, 4.69) is 74.1 Å². The van der Waals surface area contributed by atoms with Crippen molar-refractivity contribution in [2.24, 2.45) is 0 Å². The molecule has 1 aromatic heterocycles. The molecule has 36 heavy (non-hydrogen) atoms. The molecule has 0 radical (unpaired) electrons. The van der Waals surface area contributed by atoms with Crippen LogP contribution in [0.15, 0.2) is 54.6 Å². The molecule has 0 aliphatic carbocycles. The Kier molecular flexibility index (Phi) is 9.71. The van der Waals surface area contributed by atoms with Gasteiger partial charge in [-0.2, -0.15) is 0 Å². The normalized spacial score (nSPS) is 11.2. The highest BCUT2D eigenvalue weighted by Crippen LogP contribution is 2.30. The van der Waals surface area contributed by atoms with Crippen molar-refractivity contribution in [3.8, 4) is 16.9 Å². The van der Waals surface area contributed by atoms with E-state index in [1.165, 1.54) is 45.6 Å². The number of benzene rings is 2. The summed E-state index contributed by atoms with van der Waals surface area (Å²) >= 11 is 1.49. The summed E-state index contributed by atoms with van der Waals surface area (Å²) in [6.07, 6.45) is 3.01. The zero-order chi connectivity index (χ0) is 26.1. The predicted octanol–water partition coefficient (Wildman–Crippen LogP) is 6.72. The lowest BCUT2D eigenvalue weighted by atomic mass is 9.86. The number of amides is 1. The number of carbonyl (C=O) groups excluding carboxylic acids is 2. The summed E-state index contributed by atoms with van der Waals surface area (Å²) in [7, 11) is 1.34. The van der Waals surface area contributed by atoms with Gasteiger partial charge in [-0.25, -0.2) is 0 Å². The van der Waals surface area contributed by atoms with Crippen molar-refractivity contribution in [2.75, 3.05) is 20.3 Å². The van der Waals surface area contributed by atoms with Crippen LogP contribution < -0.4 is 10.1 Å². The molecule has 3 rings (SSSR count). The van der Waals surface area contributed by atoms with Gasteiger partial charge in [0.2, 0.25) is 0 Å². The van der Waals surface area contributed by atoms with Crippen LogP contribution in [-0.2, 0) is 21.4 Å². The smallest absolute Gasteiger partial charge is 0.307 e. The number of thiophene rings is 1. The summed E-state index contributed by atoms with van der Waals surface area (Å²) < 4.78 is 10.6. The van der Waals surface area contributed by atoms with Gasteiger partial charge in [-0.15, -0.1) is 11.3 Å². The molecule has 1 N–H and O–H groups in total. The van der Waals surface area contributed by atoms with Gasteiger partial charge in [-0.05, 0) is 78.1 Å². The number of hydrogen-bond donors (Lipinski definition) is 1. The molecule has 3 aromatic rings. The second-order valence-corrected chi connectivity index (χ2v) is 11.1. The molecule has 0 saturated heterocycles. The first-order valence-corrected chi connectivity index (χ1v) is 13.3. The van der Waals surface area contributed by atoms with Gasteiger partial charge in [0.25, 0.3) is 5.91 Å². The molecule has 6 heteroatoms. The van der Waals surface area contributed by atoms with Gasteiger partial charge < -0.3 is 14.8 Å². The van der Waals surface area contributed by atoms with Gasteiger partial charge in [-0.3, -0.25) is 9.59 Å². The zero-order valence-corrected chi connectivity index (χ0v) is 22.8. The number of aryl methyl sites for hydroxylation is 2. The molecule has 0 atom stereocenters. The molecule has 5 nitrogen and oxygen atoms in total. The fourth-order valence-corrected chi connectivity index (χ4v) is 4.86. The Balaban J connectivity index is 1.41. The minimum Gasteiger partial charge on any atom is -0.494 e. The first-order chi connectivity index (χ1) is 17.2. The second-order valence-electron chi connectivity index (χ2n) is 9.96. The fraction of sp³-hybridized carbons (Fsp3) is 0.400. The summed E-state index contributed by atoms with van der Waals surface area (Å²) in [4.78, 5) is 25.2. The SMILES string of the molecule is COC(=O)CCNC(=O)c1ccc(CCCCOc2ccc(-c3ccc(C(C)(C)C)cc3)c(C)c2)s1. The van der Waals surface area contributed by atoms with E-state index in [4.69, 9.17) is 4.74 Å². The van der Waals surface area contributed by atoms with E-state index in [9.17, 15) is 9.59 Å². The van der Waals surface area contributed by atoms with Crippen LogP contribution >= 0.6 is 11.3 Å². The maximum atomic E-state index is 12.2. The molecule has 0 saturated carbocycles. The van der Waals surface area contributed by atoms with E-state index < -0.39 is 0 Å². The lowest BCUT2D eigenvalue weighted by Crippen LogP contribution is -2.25. The van der Waals surface area contributed by atoms with E-state index in [-0.39, 0.29) is 30.3 Å². The third-order valence-corrected chi connectivity index (χ3v) is 7.22. The average molecular weight is 508 g/mol. The van der Waals surface area contributed by atoms with Crippen LogP contribution in [0.5, 0.6) is 5.75 Å².